The fourth-order valence-corrected chi connectivity index (χ4v) is 7.84. The highest BCUT2D eigenvalue weighted by Crippen LogP contribution is 2.61. The Balaban J connectivity index is 1.90. The minimum Gasteiger partial charge on any atom is -0.492 e. The topological polar surface area (TPSA) is 71.1 Å². The molecule has 0 spiro atoms. The molecule has 4 aromatic rings. The Hall–Kier alpha value is -3.62. The summed E-state index contributed by atoms with van der Waals surface area (Å²) in [6, 6.07) is 24.0. The lowest BCUT2D eigenvalue weighted by Crippen LogP contribution is -2.31. The molecule has 0 aliphatic heterocycles. The molecule has 0 N–H and O–H groups in total. The maximum atomic E-state index is 13.7. The van der Waals surface area contributed by atoms with E-state index in [1.54, 1.807) is 26.0 Å². The van der Waals surface area contributed by atoms with Crippen molar-refractivity contribution < 1.29 is 28.5 Å². The summed E-state index contributed by atoms with van der Waals surface area (Å²) in [6.45, 7) is 9.28. The summed E-state index contributed by atoms with van der Waals surface area (Å²) in [5, 5.41) is 0. The second-order valence-electron chi connectivity index (χ2n) is 12.8. The summed E-state index contributed by atoms with van der Waals surface area (Å²) in [5.74, 6) is 0.0172. The van der Waals surface area contributed by atoms with E-state index in [2.05, 4.69) is 70.0 Å². The van der Waals surface area contributed by atoms with Gasteiger partial charge in [0.15, 0.2) is 0 Å². The van der Waals surface area contributed by atoms with Crippen molar-refractivity contribution >= 4 is 43.8 Å². The number of esters is 2. The molecule has 0 amide bonds. The molecule has 6 nitrogen and oxygen atoms in total. The fraction of sp³-hybridized carbons (Fsp3) is 0.395. The molecule has 0 atom stereocenters. The van der Waals surface area contributed by atoms with Gasteiger partial charge < -0.3 is 18.9 Å². The third-order valence-electron chi connectivity index (χ3n) is 9.38. The largest absolute Gasteiger partial charge is 0.492 e. The zero-order valence-corrected chi connectivity index (χ0v) is 33.3. The third-order valence-corrected chi connectivity index (χ3v) is 10.4. The van der Waals surface area contributed by atoms with Crippen LogP contribution in [0.1, 0.15) is 122 Å². The van der Waals surface area contributed by atoms with Gasteiger partial charge in [0.05, 0.1) is 31.8 Å². The lowest BCUT2D eigenvalue weighted by Gasteiger charge is -2.37. The van der Waals surface area contributed by atoms with Crippen LogP contribution in [0.3, 0.4) is 0 Å². The summed E-state index contributed by atoms with van der Waals surface area (Å²) >= 11 is 7.57. The van der Waals surface area contributed by atoms with Crippen molar-refractivity contribution in [3.8, 4) is 22.6 Å². The zero-order valence-electron chi connectivity index (χ0n) is 30.1. The van der Waals surface area contributed by atoms with Crippen LogP contribution < -0.4 is 9.47 Å². The summed E-state index contributed by atoms with van der Waals surface area (Å²) in [5.41, 5.74) is 5.16. The van der Waals surface area contributed by atoms with Gasteiger partial charge in [-0.15, -0.1) is 0 Å². The van der Waals surface area contributed by atoms with Gasteiger partial charge in [-0.05, 0) is 85.3 Å². The average Bonchev–Trinajstić information content (AvgIpc) is 3.40. The van der Waals surface area contributed by atoms with Crippen molar-refractivity contribution in [3.05, 3.63) is 115 Å². The molecule has 0 heterocycles. The normalized spacial score (nSPS) is 12.6. The van der Waals surface area contributed by atoms with Crippen molar-refractivity contribution in [1.82, 2.24) is 0 Å². The van der Waals surface area contributed by atoms with E-state index < -0.39 is 17.4 Å². The quantitative estimate of drug-likeness (QED) is 0.0648. The number of hydrogen-bond donors (Lipinski definition) is 0. The number of ether oxygens (including phenoxy) is 4. The van der Waals surface area contributed by atoms with E-state index in [4.69, 9.17) is 18.9 Å². The Morgan fingerprint density at radius 2 is 0.980 bits per heavy atom. The number of fused-ring (bicyclic) bond motifs is 3. The second kappa shape index (κ2) is 18.2. The molecule has 1 aliphatic carbocycles. The standard InChI is InChI=1S/C43H48Br2O6/c1-5-9-11-13-25-50-39-33(41(46)48-7-3)17-15-19-35(39)43(37-27-29(44)21-23-31(37)32-24-22-30(45)28-38(32)43)36-20-16-18-34(42(47)49-8-4)40(36)51-26-14-12-10-6-2/h15-24,27-28H,5-14,25-26H2,1-4H3. The minimum absolute atomic E-state index is 0.229. The van der Waals surface area contributed by atoms with E-state index in [1.807, 2.05) is 36.4 Å². The van der Waals surface area contributed by atoms with Crippen LogP contribution in [0, 0.1) is 0 Å². The van der Waals surface area contributed by atoms with Gasteiger partial charge in [0.1, 0.15) is 22.6 Å². The molecular weight excluding hydrogens is 772 g/mol. The smallest absolute Gasteiger partial charge is 0.341 e. The van der Waals surface area contributed by atoms with Gasteiger partial charge in [-0.3, -0.25) is 0 Å². The first-order valence-corrected chi connectivity index (χ1v) is 19.9. The molecule has 270 valence electrons. The third kappa shape index (κ3) is 8.07. The number of para-hydroxylation sites is 2. The Labute approximate surface area is 319 Å². The predicted octanol–water partition coefficient (Wildman–Crippen LogP) is 11.8. The van der Waals surface area contributed by atoms with Crippen molar-refractivity contribution in [3.63, 3.8) is 0 Å². The van der Waals surface area contributed by atoms with Crippen LogP contribution in [0.5, 0.6) is 11.5 Å². The number of carbonyl (C=O) groups excluding carboxylic acids is 2. The molecule has 0 bridgehead atoms. The zero-order chi connectivity index (χ0) is 36.4. The number of rotatable bonds is 18. The number of carbonyl (C=O) groups is 2. The molecule has 0 radical (unpaired) electrons. The van der Waals surface area contributed by atoms with Gasteiger partial charge in [0.2, 0.25) is 0 Å². The van der Waals surface area contributed by atoms with Gasteiger partial charge in [-0.1, -0.05) is 121 Å². The van der Waals surface area contributed by atoms with Crippen LogP contribution in [0.2, 0.25) is 0 Å². The maximum absolute atomic E-state index is 13.7. The predicted molar refractivity (Wildman–Crippen MR) is 210 cm³/mol. The van der Waals surface area contributed by atoms with Crippen molar-refractivity contribution in [1.29, 1.82) is 0 Å². The van der Waals surface area contributed by atoms with Gasteiger partial charge in [0.25, 0.3) is 0 Å². The van der Waals surface area contributed by atoms with E-state index in [9.17, 15) is 9.59 Å². The number of hydrogen-bond acceptors (Lipinski definition) is 6. The lowest BCUT2D eigenvalue weighted by atomic mass is 9.66. The maximum Gasteiger partial charge on any atom is 0.341 e. The highest BCUT2D eigenvalue weighted by molar-refractivity contribution is 9.10. The highest BCUT2D eigenvalue weighted by Gasteiger charge is 2.51. The van der Waals surface area contributed by atoms with Crippen molar-refractivity contribution in [2.45, 2.75) is 84.5 Å². The molecule has 4 aromatic carbocycles. The summed E-state index contributed by atoms with van der Waals surface area (Å²) in [6.07, 6.45) is 8.11. The van der Waals surface area contributed by atoms with Crippen LogP contribution in [0.25, 0.3) is 11.1 Å². The summed E-state index contributed by atoms with van der Waals surface area (Å²) in [7, 11) is 0. The Bertz CT molecular complexity index is 1700. The molecule has 0 aromatic heterocycles. The summed E-state index contributed by atoms with van der Waals surface area (Å²) in [4.78, 5) is 27.4. The SMILES string of the molecule is CCCCCCOc1c(C(=O)OCC)cccc1C1(c2cccc(C(=O)OCC)c2OCCCCCC)c2cc(Br)ccc2-c2ccc(Br)cc21. The second-order valence-corrected chi connectivity index (χ2v) is 14.6. The monoisotopic (exact) mass is 818 g/mol. The van der Waals surface area contributed by atoms with Gasteiger partial charge in [-0.25, -0.2) is 9.59 Å². The van der Waals surface area contributed by atoms with Gasteiger partial charge >= 0.3 is 11.9 Å². The number of halogens is 2. The lowest BCUT2D eigenvalue weighted by molar-refractivity contribution is 0.0511. The first kappa shape index (κ1) is 38.6. The molecule has 0 fully saturated rings. The van der Waals surface area contributed by atoms with Crippen LogP contribution in [0.15, 0.2) is 81.7 Å². The molecule has 1 aliphatic rings. The Morgan fingerprint density at radius 1 is 0.549 bits per heavy atom. The first-order chi connectivity index (χ1) is 24.8. The Kier molecular flexibility index (Phi) is 13.8. The molecule has 51 heavy (non-hydrogen) atoms. The van der Waals surface area contributed by atoms with Crippen LogP contribution in [-0.4, -0.2) is 38.4 Å². The number of unbranched alkanes of at least 4 members (excludes halogenated alkanes) is 6. The number of benzene rings is 4. The van der Waals surface area contributed by atoms with E-state index in [-0.39, 0.29) is 13.2 Å². The van der Waals surface area contributed by atoms with E-state index in [0.29, 0.717) is 35.8 Å². The van der Waals surface area contributed by atoms with E-state index in [1.165, 1.54) is 0 Å². The molecule has 0 saturated carbocycles. The average molecular weight is 821 g/mol. The van der Waals surface area contributed by atoms with E-state index >= 15 is 0 Å². The Morgan fingerprint density at radius 3 is 1.37 bits per heavy atom. The first-order valence-electron chi connectivity index (χ1n) is 18.3. The van der Waals surface area contributed by atoms with Gasteiger partial charge in [-0.2, -0.15) is 0 Å². The van der Waals surface area contributed by atoms with Gasteiger partial charge in [0, 0.05) is 20.1 Å². The fourth-order valence-electron chi connectivity index (χ4n) is 7.11. The molecule has 0 unspecified atom stereocenters. The van der Waals surface area contributed by atoms with E-state index in [0.717, 1.165) is 93.7 Å². The van der Waals surface area contributed by atoms with Crippen molar-refractivity contribution in [2.24, 2.45) is 0 Å². The summed E-state index contributed by atoms with van der Waals surface area (Å²) < 4.78 is 26.5. The molecule has 0 saturated heterocycles. The molecular formula is C43H48Br2O6. The highest BCUT2D eigenvalue weighted by atomic mass is 79.9. The minimum atomic E-state index is -1.08. The molecule has 5 rings (SSSR count). The van der Waals surface area contributed by atoms with Crippen molar-refractivity contribution in [2.75, 3.05) is 26.4 Å². The van der Waals surface area contributed by atoms with Crippen LogP contribution >= 0.6 is 31.9 Å². The van der Waals surface area contributed by atoms with Crippen LogP contribution in [0.4, 0.5) is 0 Å². The van der Waals surface area contributed by atoms with Crippen LogP contribution in [-0.2, 0) is 14.9 Å². The molecule has 8 heteroatoms.